The molecule has 0 spiro atoms. The van der Waals surface area contributed by atoms with Crippen molar-refractivity contribution in [2.45, 2.75) is 44.7 Å². The van der Waals surface area contributed by atoms with Gasteiger partial charge in [-0.1, -0.05) is 6.42 Å². The van der Waals surface area contributed by atoms with Crippen molar-refractivity contribution >= 4 is 11.8 Å². The Morgan fingerprint density at radius 3 is 3.09 bits per heavy atom. The second-order valence-electron chi connectivity index (χ2n) is 6.38. The van der Waals surface area contributed by atoms with Crippen LogP contribution in [0.15, 0.2) is 6.07 Å². The highest BCUT2D eigenvalue weighted by atomic mass is 16.3. The summed E-state index contributed by atoms with van der Waals surface area (Å²) < 4.78 is 0. The predicted octanol–water partition coefficient (Wildman–Crippen LogP) is 1.14. The number of aliphatic hydroxyl groups is 1. The minimum atomic E-state index is -0.00619. The lowest BCUT2D eigenvalue weighted by atomic mass is 10.00. The number of carbonyl (C=O) groups excluding carboxylic acids is 1. The number of amides is 2. The monoisotopic (exact) mass is 319 g/mol. The Labute approximate surface area is 136 Å². The molecule has 1 aromatic heterocycles. The number of carbonyl (C=O) groups is 1. The Morgan fingerprint density at radius 1 is 1.43 bits per heavy atom. The topological polar surface area (TPSA) is 90.4 Å². The van der Waals surface area contributed by atoms with Crippen LogP contribution in [0.4, 0.5) is 10.6 Å². The van der Waals surface area contributed by atoms with Crippen molar-refractivity contribution in [1.82, 2.24) is 20.4 Å². The number of aromatic nitrogens is 2. The van der Waals surface area contributed by atoms with Gasteiger partial charge < -0.3 is 20.6 Å². The first-order valence-corrected chi connectivity index (χ1v) is 8.40. The maximum absolute atomic E-state index is 12.6. The molecule has 1 saturated carbocycles. The summed E-state index contributed by atoms with van der Waals surface area (Å²) in [5, 5.41) is 23.6. The fraction of sp³-hybridized carbons (Fsp3) is 0.688. The van der Waals surface area contributed by atoms with E-state index in [0.29, 0.717) is 19.0 Å². The fourth-order valence-corrected chi connectivity index (χ4v) is 3.61. The van der Waals surface area contributed by atoms with Crippen molar-refractivity contribution in [2.75, 3.05) is 25.5 Å². The van der Waals surface area contributed by atoms with Crippen molar-refractivity contribution in [3.63, 3.8) is 0 Å². The largest absolute Gasteiger partial charge is 0.396 e. The smallest absolute Gasteiger partial charge is 0.317 e. The SMILES string of the molecule is CNc1cc2c(nn1)CCN(C(=O)NC1CCCC1CCO)C2. The van der Waals surface area contributed by atoms with Gasteiger partial charge in [0, 0.05) is 39.2 Å². The quantitative estimate of drug-likeness (QED) is 0.774. The van der Waals surface area contributed by atoms with Gasteiger partial charge in [0.1, 0.15) is 5.82 Å². The van der Waals surface area contributed by atoms with E-state index < -0.39 is 0 Å². The number of anilines is 1. The first-order chi connectivity index (χ1) is 11.2. The Bertz CT molecular complexity index is 565. The molecule has 0 aromatic carbocycles. The first-order valence-electron chi connectivity index (χ1n) is 8.40. The first kappa shape index (κ1) is 16.0. The molecule has 0 radical (unpaired) electrons. The van der Waals surface area contributed by atoms with Crippen LogP contribution < -0.4 is 10.6 Å². The fourth-order valence-electron chi connectivity index (χ4n) is 3.61. The third-order valence-corrected chi connectivity index (χ3v) is 4.95. The van der Waals surface area contributed by atoms with E-state index in [9.17, 15) is 4.79 Å². The molecule has 7 nitrogen and oxygen atoms in total. The number of aliphatic hydroxyl groups excluding tert-OH is 1. The van der Waals surface area contributed by atoms with Crippen LogP contribution in [-0.4, -0.2) is 52.5 Å². The van der Waals surface area contributed by atoms with Gasteiger partial charge in [-0.05, 0) is 36.8 Å². The van der Waals surface area contributed by atoms with Gasteiger partial charge in [0.25, 0.3) is 0 Å². The molecule has 7 heteroatoms. The van der Waals surface area contributed by atoms with Gasteiger partial charge >= 0.3 is 6.03 Å². The minimum absolute atomic E-state index is 0.00619. The summed E-state index contributed by atoms with van der Waals surface area (Å²) in [5.41, 5.74) is 2.04. The number of rotatable bonds is 4. The average Bonchev–Trinajstić information content (AvgIpc) is 3.01. The minimum Gasteiger partial charge on any atom is -0.396 e. The summed E-state index contributed by atoms with van der Waals surface area (Å²) in [5.74, 6) is 1.13. The standard InChI is InChI=1S/C16H25N5O2/c1-17-15-9-12-10-21(7-5-14(12)19-20-15)16(23)18-13-4-2-3-11(13)6-8-22/h9,11,13,22H,2-8,10H2,1H3,(H,17,20)(H,18,23). The Kier molecular flexibility index (Phi) is 4.95. The zero-order chi connectivity index (χ0) is 16.2. The van der Waals surface area contributed by atoms with Crippen LogP contribution >= 0.6 is 0 Å². The van der Waals surface area contributed by atoms with Crippen LogP contribution in [0.1, 0.15) is 36.9 Å². The van der Waals surface area contributed by atoms with Crippen LogP contribution in [0, 0.1) is 5.92 Å². The lowest BCUT2D eigenvalue weighted by Gasteiger charge is -2.30. The number of hydrogen-bond acceptors (Lipinski definition) is 5. The summed E-state index contributed by atoms with van der Waals surface area (Å²) >= 11 is 0. The van der Waals surface area contributed by atoms with E-state index in [1.165, 1.54) is 0 Å². The van der Waals surface area contributed by atoms with Crippen molar-refractivity contribution in [3.05, 3.63) is 17.3 Å². The van der Waals surface area contributed by atoms with Crippen molar-refractivity contribution in [3.8, 4) is 0 Å². The van der Waals surface area contributed by atoms with Gasteiger partial charge in [-0.15, -0.1) is 5.10 Å². The Hall–Kier alpha value is -1.89. The van der Waals surface area contributed by atoms with Crippen LogP contribution in [-0.2, 0) is 13.0 Å². The molecular formula is C16H25N5O2. The van der Waals surface area contributed by atoms with E-state index in [0.717, 1.165) is 49.2 Å². The van der Waals surface area contributed by atoms with E-state index in [2.05, 4.69) is 20.8 Å². The van der Waals surface area contributed by atoms with Crippen LogP contribution in [0.25, 0.3) is 0 Å². The maximum atomic E-state index is 12.6. The van der Waals surface area contributed by atoms with Crippen LogP contribution in [0.2, 0.25) is 0 Å². The zero-order valence-corrected chi connectivity index (χ0v) is 13.6. The Balaban J connectivity index is 1.62. The summed E-state index contributed by atoms with van der Waals surface area (Å²) in [4.78, 5) is 14.4. The van der Waals surface area contributed by atoms with Gasteiger partial charge in [-0.3, -0.25) is 0 Å². The van der Waals surface area contributed by atoms with Crippen molar-refractivity contribution in [1.29, 1.82) is 0 Å². The second-order valence-corrected chi connectivity index (χ2v) is 6.38. The molecule has 2 amide bonds. The average molecular weight is 319 g/mol. The molecule has 2 unspecified atom stereocenters. The molecule has 2 heterocycles. The third-order valence-electron chi connectivity index (χ3n) is 4.95. The summed E-state index contributed by atoms with van der Waals surface area (Å²) in [6, 6.07) is 2.15. The van der Waals surface area contributed by atoms with Gasteiger partial charge in [0.15, 0.2) is 0 Å². The third kappa shape index (κ3) is 3.55. The van der Waals surface area contributed by atoms with Gasteiger partial charge in [-0.25, -0.2) is 4.79 Å². The van der Waals surface area contributed by atoms with E-state index in [-0.39, 0.29) is 18.7 Å². The molecule has 0 bridgehead atoms. The van der Waals surface area contributed by atoms with Gasteiger partial charge in [-0.2, -0.15) is 5.10 Å². The highest BCUT2D eigenvalue weighted by molar-refractivity contribution is 5.75. The molecule has 23 heavy (non-hydrogen) atoms. The van der Waals surface area contributed by atoms with Crippen LogP contribution in [0.5, 0.6) is 0 Å². The summed E-state index contributed by atoms with van der Waals surface area (Å²) in [6.07, 6.45) is 4.74. The molecule has 1 fully saturated rings. The summed E-state index contributed by atoms with van der Waals surface area (Å²) in [6.45, 7) is 1.44. The number of fused-ring (bicyclic) bond motifs is 1. The zero-order valence-electron chi connectivity index (χ0n) is 13.6. The van der Waals surface area contributed by atoms with E-state index in [4.69, 9.17) is 5.11 Å². The van der Waals surface area contributed by atoms with Gasteiger partial charge in [0.05, 0.1) is 5.69 Å². The number of hydrogen-bond donors (Lipinski definition) is 3. The van der Waals surface area contributed by atoms with E-state index in [1.807, 2.05) is 18.0 Å². The molecule has 126 valence electrons. The molecule has 2 aliphatic rings. The van der Waals surface area contributed by atoms with Crippen LogP contribution in [0.3, 0.4) is 0 Å². The predicted molar refractivity (Wildman–Crippen MR) is 87.1 cm³/mol. The normalized spacial score (nSPS) is 23.5. The highest BCUT2D eigenvalue weighted by Gasteiger charge is 2.30. The highest BCUT2D eigenvalue weighted by Crippen LogP contribution is 2.28. The lowest BCUT2D eigenvalue weighted by molar-refractivity contribution is 0.180. The van der Waals surface area contributed by atoms with Crippen molar-refractivity contribution < 1.29 is 9.90 Å². The molecular weight excluding hydrogens is 294 g/mol. The Morgan fingerprint density at radius 2 is 2.30 bits per heavy atom. The molecule has 1 aliphatic carbocycles. The molecule has 1 aliphatic heterocycles. The molecule has 0 saturated heterocycles. The molecule has 1 aromatic rings. The second kappa shape index (κ2) is 7.12. The molecule has 2 atom stereocenters. The molecule has 3 rings (SSSR count). The summed E-state index contributed by atoms with van der Waals surface area (Å²) in [7, 11) is 1.81. The number of nitrogens with one attached hydrogen (secondary N) is 2. The maximum Gasteiger partial charge on any atom is 0.317 e. The molecule has 3 N–H and O–H groups in total. The van der Waals surface area contributed by atoms with E-state index >= 15 is 0 Å². The number of nitrogens with zero attached hydrogens (tertiary/aromatic N) is 3. The lowest BCUT2D eigenvalue weighted by Crippen LogP contribution is -2.48. The van der Waals surface area contributed by atoms with Gasteiger partial charge in [0.2, 0.25) is 0 Å². The van der Waals surface area contributed by atoms with Crippen molar-refractivity contribution in [2.24, 2.45) is 5.92 Å². The number of urea groups is 1. The van der Waals surface area contributed by atoms with E-state index in [1.54, 1.807) is 0 Å².